The zero-order valence-electron chi connectivity index (χ0n) is 20.8. The maximum atomic E-state index is 11.5. The van der Waals surface area contributed by atoms with Crippen LogP contribution in [-0.4, -0.2) is 39.8 Å². The van der Waals surface area contributed by atoms with Crippen LogP contribution in [0.1, 0.15) is 36.1 Å². The number of hydrogen-bond donors (Lipinski definition) is 1. The fourth-order valence-corrected chi connectivity index (χ4v) is 5.61. The van der Waals surface area contributed by atoms with Crippen molar-refractivity contribution in [1.82, 2.24) is 4.72 Å². The van der Waals surface area contributed by atoms with E-state index in [4.69, 9.17) is 32.7 Å². The predicted octanol–water partition coefficient (Wildman–Crippen LogP) is 5.67. The largest absolute Gasteiger partial charge is 0.492 e. The summed E-state index contributed by atoms with van der Waals surface area (Å²) in [5.74, 6) is 1.43. The van der Waals surface area contributed by atoms with Crippen molar-refractivity contribution < 1.29 is 17.9 Å². The van der Waals surface area contributed by atoms with Gasteiger partial charge < -0.3 is 9.47 Å². The second-order valence-electron chi connectivity index (χ2n) is 9.61. The molecule has 194 valence electrons. The van der Waals surface area contributed by atoms with Crippen molar-refractivity contribution in [1.29, 1.82) is 5.26 Å². The number of nitrogens with zero attached hydrogens (tertiary/aromatic N) is 1. The number of benzene rings is 3. The van der Waals surface area contributed by atoms with E-state index in [1.165, 1.54) is 0 Å². The van der Waals surface area contributed by atoms with E-state index in [1.807, 2.05) is 30.3 Å². The molecule has 6 nitrogen and oxygen atoms in total. The lowest BCUT2D eigenvalue weighted by molar-refractivity contribution is 0.254. The number of sulfonamides is 1. The van der Waals surface area contributed by atoms with Gasteiger partial charge in [0.25, 0.3) is 0 Å². The van der Waals surface area contributed by atoms with E-state index in [2.05, 4.69) is 48.9 Å². The number of rotatable bonds is 8. The van der Waals surface area contributed by atoms with Gasteiger partial charge in [0.1, 0.15) is 25.0 Å². The highest BCUT2D eigenvalue weighted by Gasteiger charge is 2.27. The van der Waals surface area contributed by atoms with Crippen LogP contribution in [0, 0.1) is 11.3 Å². The van der Waals surface area contributed by atoms with Crippen molar-refractivity contribution in [2.45, 2.75) is 31.7 Å². The first kappa shape index (κ1) is 27.3. The van der Waals surface area contributed by atoms with Gasteiger partial charge in [-0.25, -0.2) is 13.1 Å². The van der Waals surface area contributed by atoms with Crippen molar-refractivity contribution in [3.63, 3.8) is 0 Å². The summed E-state index contributed by atoms with van der Waals surface area (Å²) in [5, 5.41) is 10.0. The minimum absolute atomic E-state index is 0.270. The molecule has 1 aliphatic heterocycles. The molecule has 0 saturated carbocycles. The second-order valence-corrected chi connectivity index (χ2v) is 12.2. The minimum atomic E-state index is -3.29. The Kier molecular flexibility index (Phi) is 8.05. The summed E-state index contributed by atoms with van der Waals surface area (Å²) in [6.45, 7) is 4.73. The Morgan fingerprint density at radius 2 is 1.81 bits per heavy atom. The Labute approximate surface area is 228 Å². The van der Waals surface area contributed by atoms with Crippen LogP contribution in [0.3, 0.4) is 0 Å². The lowest BCUT2D eigenvalue weighted by Gasteiger charge is -2.28. The van der Waals surface area contributed by atoms with Gasteiger partial charge >= 0.3 is 0 Å². The molecule has 0 bridgehead atoms. The van der Waals surface area contributed by atoms with Gasteiger partial charge in [-0.2, -0.15) is 5.26 Å². The Morgan fingerprint density at radius 1 is 1.11 bits per heavy atom. The normalized spacial score (nSPS) is 15.4. The number of hydrogen-bond acceptors (Lipinski definition) is 5. The van der Waals surface area contributed by atoms with Crippen molar-refractivity contribution in [2.75, 3.05) is 25.3 Å². The Bertz CT molecular complexity index is 1450. The number of halogens is 2. The van der Waals surface area contributed by atoms with E-state index in [1.54, 1.807) is 0 Å². The Hall–Kier alpha value is -2.76. The first-order chi connectivity index (χ1) is 17.5. The molecule has 3 aromatic carbocycles. The van der Waals surface area contributed by atoms with E-state index < -0.39 is 15.4 Å². The molecule has 1 aliphatic rings. The molecule has 3 aromatic rings. The summed E-state index contributed by atoms with van der Waals surface area (Å²) < 4.78 is 37.1. The highest BCUT2D eigenvalue weighted by Crippen LogP contribution is 2.39. The van der Waals surface area contributed by atoms with Crippen LogP contribution >= 0.6 is 23.2 Å². The first-order valence-corrected chi connectivity index (χ1v) is 14.6. The van der Waals surface area contributed by atoms with Crippen LogP contribution in [0.4, 0.5) is 0 Å². The summed E-state index contributed by atoms with van der Waals surface area (Å²) in [6.07, 6.45) is 1.74. The molecule has 4 rings (SSSR count). The average molecular weight is 560 g/mol. The van der Waals surface area contributed by atoms with Gasteiger partial charge in [-0.15, -0.1) is 11.6 Å². The summed E-state index contributed by atoms with van der Waals surface area (Å²) in [6, 6.07) is 19.8. The van der Waals surface area contributed by atoms with E-state index in [0.717, 1.165) is 39.8 Å². The van der Waals surface area contributed by atoms with Crippen LogP contribution in [0.2, 0.25) is 5.02 Å². The molecule has 1 unspecified atom stereocenters. The molecule has 0 spiro atoms. The third-order valence-corrected chi connectivity index (χ3v) is 7.70. The predicted molar refractivity (Wildman–Crippen MR) is 147 cm³/mol. The second kappa shape index (κ2) is 10.9. The average Bonchev–Trinajstić information content (AvgIpc) is 2.86. The number of nitrogens with one attached hydrogen (secondary N) is 1. The van der Waals surface area contributed by atoms with E-state index in [0.29, 0.717) is 35.2 Å². The van der Waals surface area contributed by atoms with Gasteiger partial charge in [0.15, 0.2) is 5.75 Å². The topological polar surface area (TPSA) is 88.4 Å². The molecule has 0 amide bonds. The maximum absolute atomic E-state index is 11.5. The Morgan fingerprint density at radius 3 is 2.46 bits per heavy atom. The molecule has 0 radical (unpaired) electrons. The molecule has 0 aliphatic carbocycles. The summed E-state index contributed by atoms with van der Waals surface area (Å²) in [4.78, 5) is 0. The molecule has 0 fully saturated rings. The molecule has 0 saturated heterocycles. The molecule has 1 N–H and O–H groups in total. The zero-order valence-corrected chi connectivity index (χ0v) is 23.2. The van der Waals surface area contributed by atoms with Crippen molar-refractivity contribution >= 4 is 33.2 Å². The number of nitriles is 1. The van der Waals surface area contributed by atoms with E-state index >= 15 is 0 Å². The third kappa shape index (κ3) is 6.22. The molecule has 37 heavy (non-hydrogen) atoms. The lowest BCUT2D eigenvalue weighted by atomic mass is 9.77. The number of alkyl halides is 1. The molecule has 0 aromatic heterocycles. The lowest BCUT2D eigenvalue weighted by Crippen LogP contribution is -2.42. The highest BCUT2D eigenvalue weighted by atomic mass is 35.5. The molecular formula is C28H28Cl2N2O4S. The molecule has 9 heteroatoms. The monoisotopic (exact) mass is 558 g/mol. The smallest absolute Gasteiger partial charge is 0.209 e. The van der Waals surface area contributed by atoms with Crippen molar-refractivity contribution in [2.24, 2.45) is 0 Å². The fraction of sp³-hybridized carbons (Fsp3) is 0.321. The summed E-state index contributed by atoms with van der Waals surface area (Å²) in [7, 11) is -3.29. The van der Waals surface area contributed by atoms with Gasteiger partial charge in [-0.05, 0) is 52.4 Å². The molecule has 1 atom stereocenters. The first-order valence-electron chi connectivity index (χ1n) is 11.8. The summed E-state index contributed by atoms with van der Waals surface area (Å²) >= 11 is 12.2. The van der Waals surface area contributed by atoms with Crippen LogP contribution in [0.15, 0.2) is 54.6 Å². The summed E-state index contributed by atoms with van der Waals surface area (Å²) in [5.41, 5.74) is 4.93. The number of fused-ring (bicyclic) bond motifs is 1. The van der Waals surface area contributed by atoms with Gasteiger partial charge in [0.05, 0.1) is 28.8 Å². The van der Waals surface area contributed by atoms with Gasteiger partial charge in [0.2, 0.25) is 10.0 Å². The van der Waals surface area contributed by atoms with E-state index in [9.17, 15) is 13.7 Å². The number of ether oxygens (including phenoxy) is 2. The minimum Gasteiger partial charge on any atom is -0.492 e. The zero-order chi connectivity index (χ0) is 26.8. The van der Waals surface area contributed by atoms with Crippen LogP contribution in [-0.2, 0) is 21.9 Å². The van der Waals surface area contributed by atoms with E-state index in [-0.39, 0.29) is 12.6 Å². The SMILES string of the molecule is CC(C)(c1ccc(-c2ccc3c(c2)OCC(NS(C)(=O)=O)C3)cc1)c1cc(Cl)c(OCCCl)c(C#N)c1. The van der Waals surface area contributed by atoms with Crippen LogP contribution < -0.4 is 14.2 Å². The third-order valence-electron chi connectivity index (χ3n) is 6.50. The Balaban J connectivity index is 1.56. The van der Waals surface area contributed by atoms with Crippen molar-refractivity contribution in [3.05, 3.63) is 81.9 Å². The quantitative estimate of drug-likeness (QED) is 0.359. The van der Waals surface area contributed by atoms with Crippen LogP contribution in [0.5, 0.6) is 11.5 Å². The molecule has 1 heterocycles. The maximum Gasteiger partial charge on any atom is 0.209 e. The highest BCUT2D eigenvalue weighted by molar-refractivity contribution is 7.88. The fourth-order valence-electron chi connectivity index (χ4n) is 4.50. The standard InChI is InChI=1S/C28H28Cl2N2O4S/c1-28(2,23-12-21(16-31)27(25(30)15-23)35-11-10-29)22-8-6-18(7-9-22)19-4-5-20-13-24(32-37(3,33)34)17-36-26(20)14-19/h4-9,12,14-15,24,32H,10-11,13,17H2,1-3H3. The molecular weight excluding hydrogens is 531 g/mol. The van der Waals surface area contributed by atoms with Crippen LogP contribution in [0.25, 0.3) is 11.1 Å². The van der Waals surface area contributed by atoms with Gasteiger partial charge in [-0.1, -0.05) is 61.8 Å². The van der Waals surface area contributed by atoms with Gasteiger partial charge in [0, 0.05) is 5.41 Å². The van der Waals surface area contributed by atoms with Crippen molar-refractivity contribution in [3.8, 4) is 28.7 Å². The van der Waals surface area contributed by atoms with Gasteiger partial charge in [-0.3, -0.25) is 0 Å².